The number of β-amino-alcohol motifs (C(OH)–C–C–N with tert-alkyl or cyclic N) is 2. The lowest BCUT2D eigenvalue weighted by molar-refractivity contribution is -0.0438. The van der Waals surface area contributed by atoms with Crippen molar-refractivity contribution in [3.8, 4) is 5.69 Å². The molecule has 1 aliphatic heterocycles. The summed E-state index contributed by atoms with van der Waals surface area (Å²) in [6, 6.07) is 4.58. The first-order chi connectivity index (χ1) is 16.6. The summed E-state index contributed by atoms with van der Waals surface area (Å²) in [7, 11) is 0. The highest BCUT2D eigenvalue weighted by Gasteiger charge is 2.57. The van der Waals surface area contributed by atoms with Crippen LogP contribution in [0.3, 0.4) is 0 Å². The second-order valence-corrected chi connectivity index (χ2v) is 10.2. The van der Waals surface area contributed by atoms with Crippen molar-refractivity contribution in [1.29, 1.82) is 0 Å². The number of carbonyl (C=O) groups excluding carboxylic acids is 1. The quantitative estimate of drug-likeness (QED) is 0.504. The van der Waals surface area contributed by atoms with Crippen molar-refractivity contribution in [2.45, 2.75) is 37.0 Å². The van der Waals surface area contributed by atoms with E-state index in [1.54, 1.807) is 4.90 Å². The van der Waals surface area contributed by atoms with E-state index in [-0.39, 0.29) is 45.9 Å². The third kappa shape index (κ3) is 3.50. The third-order valence-corrected chi connectivity index (χ3v) is 7.59. The van der Waals surface area contributed by atoms with E-state index in [0.29, 0.717) is 17.8 Å². The maximum absolute atomic E-state index is 15.0. The lowest BCUT2D eigenvalue weighted by Crippen LogP contribution is -2.68. The van der Waals surface area contributed by atoms with Gasteiger partial charge in [0, 0.05) is 30.9 Å². The maximum atomic E-state index is 15.0. The minimum atomic E-state index is -0.995. The van der Waals surface area contributed by atoms with Crippen LogP contribution in [0, 0.1) is 17.6 Å². The summed E-state index contributed by atoms with van der Waals surface area (Å²) >= 11 is 6.21. The number of fused-ring (bicyclic) bond motifs is 1. The van der Waals surface area contributed by atoms with Gasteiger partial charge < -0.3 is 20.4 Å². The Morgan fingerprint density at radius 1 is 1.14 bits per heavy atom. The number of aliphatic hydroxyl groups excluding tert-OH is 2. The van der Waals surface area contributed by atoms with E-state index in [9.17, 15) is 28.6 Å². The Hall–Kier alpha value is -3.08. The number of nitrogens with zero attached hydrogens (tertiary/aromatic N) is 3. The molecule has 4 aliphatic rings. The van der Waals surface area contributed by atoms with Crippen molar-refractivity contribution in [3.63, 3.8) is 0 Å². The molecule has 3 N–H and O–H groups in total. The summed E-state index contributed by atoms with van der Waals surface area (Å²) in [5.74, 6) is -1.51. The SMILES string of the molecule is O=C(NC12CC(C1)C2)c1cn(-c2c(F)cc(F)cc2Cl)c2nc(N3C[C@@H](O)[C@H](O)C3)ccc2c1=O. The Morgan fingerprint density at radius 2 is 1.83 bits per heavy atom. The van der Waals surface area contributed by atoms with Crippen molar-refractivity contribution in [2.75, 3.05) is 18.0 Å². The number of hydrogen-bond donors (Lipinski definition) is 3. The largest absolute Gasteiger partial charge is 0.389 e. The first kappa shape index (κ1) is 22.4. The molecular weight excluding hydrogens is 482 g/mol. The summed E-state index contributed by atoms with van der Waals surface area (Å²) < 4.78 is 29.9. The third-order valence-electron chi connectivity index (χ3n) is 7.30. The predicted octanol–water partition coefficient (Wildman–Crippen LogP) is 2.14. The summed E-state index contributed by atoms with van der Waals surface area (Å²) in [5.41, 5.74) is -1.34. The Kier molecular flexibility index (Phi) is 4.93. The first-order valence-corrected chi connectivity index (χ1v) is 11.7. The van der Waals surface area contributed by atoms with Crippen molar-refractivity contribution in [3.05, 3.63) is 62.9 Å². The number of aliphatic hydroxyl groups is 2. The zero-order chi connectivity index (χ0) is 24.6. The second kappa shape index (κ2) is 7.71. The Morgan fingerprint density at radius 3 is 2.43 bits per heavy atom. The van der Waals surface area contributed by atoms with Gasteiger partial charge in [0.1, 0.15) is 22.9 Å². The molecule has 182 valence electrons. The first-order valence-electron chi connectivity index (χ1n) is 11.3. The molecular formula is C24H21ClF2N4O4. The maximum Gasteiger partial charge on any atom is 0.257 e. The van der Waals surface area contributed by atoms with Crippen LogP contribution < -0.4 is 15.6 Å². The minimum absolute atomic E-state index is 0.00199. The average Bonchev–Trinajstić information content (AvgIpc) is 3.08. The van der Waals surface area contributed by atoms with Crippen molar-refractivity contribution < 1.29 is 23.8 Å². The van der Waals surface area contributed by atoms with E-state index in [4.69, 9.17) is 11.6 Å². The molecule has 8 nitrogen and oxygen atoms in total. The highest BCUT2D eigenvalue weighted by atomic mass is 35.5. The number of halogens is 3. The van der Waals surface area contributed by atoms with Gasteiger partial charge in [-0.3, -0.25) is 14.2 Å². The van der Waals surface area contributed by atoms with E-state index < -0.39 is 35.2 Å². The molecule has 4 fully saturated rings. The topological polar surface area (TPSA) is 108 Å². The van der Waals surface area contributed by atoms with E-state index in [2.05, 4.69) is 10.3 Å². The molecule has 3 aliphatic carbocycles. The molecule has 1 saturated heterocycles. The number of aromatic nitrogens is 2. The molecule has 7 rings (SSSR count). The Balaban J connectivity index is 1.53. The van der Waals surface area contributed by atoms with Gasteiger partial charge in [-0.1, -0.05) is 11.6 Å². The molecule has 0 spiro atoms. The minimum Gasteiger partial charge on any atom is -0.389 e. The highest BCUT2D eigenvalue weighted by Crippen LogP contribution is 2.57. The van der Waals surface area contributed by atoms with Gasteiger partial charge >= 0.3 is 0 Å². The van der Waals surface area contributed by atoms with Gasteiger partial charge in [0.25, 0.3) is 5.91 Å². The summed E-state index contributed by atoms with van der Waals surface area (Å²) in [6.07, 6.45) is 1.85. The molecule has 2 aromatic heterocycles. The Bertz CT molecular complexity index is 1410. The van der Waals surface area contributed by atoms with Crippen LogP contribution in [-0.2, 0) is 0 Å². The molecule has 0 radical (unpaired) electrons. The Labute approximate surface area is 202 Å². The fourth-order valence-corrected chi connectivity index (χ4v) is 5.65. The van der Waals surface area contributed by atoms with E-state index in [1.165, 1.54) is 22.9 Å². The van der Waals surface area contributed by atoms with Gasteiger partial charge in [0.2, 0.25) is 5.43 Å². The van der Waals surface area contributed by atoms with Gasteiger partial charge in [-0.15, -0.1) is 0 Å². The zero-order valence-electron chi connectivity index (χ0n) is 18.3. The van der Waals surface area contributed by atoms with E-state index in [1.807, 2.05) is 0 Å². The van der Waals surface area contributed by atoms with E-state index >= 15 is 0 Å². The van der Waals surface area contributed by atoms with Gasteiger partial charge in [-0.25, -0.2) is 13.8 Å². The van der Waals surface area contributed by atoms with Crippen LogP contribution >= 0.6 is 11.6 Å². The highest BCUT2D eigenvalue weighted by molar-refractivity contribution is 6.32. The summed E-state index contributed by atoms with van der Waals surface area (Å²) in [5, 5.41) is 22.5. The number of rotatable bonds is 4. The number of amides is 1. The number of pyridine rings is 2. The molecule has 3 heterocycles. The number of hydrogen-bond acceptors (Lipinski definition) is 6. The van der Waals surface area contributed by atoms with E-state index in [0.717, 1.165) is 25.3 Å². The van der Waals surface area contributed by atoms with Crippen molar-refractivity contribution >= 4 is 34.4 Å². The molecule has 11 heteroatoms. The molecule has 3 saturated carbocycles. The second-order valence-electron chi connectivity index (χ2n) is 9.75. The normalized spacial score (nSPS) is 27.0. The van der Waals surface area contributed by atoms with Crippen LogP contribution in [0.2, 0.25) is 5.02 Å². The molecule has 3 aromatic rings. The number of benzene rings is 1. The van der Waals surface area contributed by atoms with Crippen LogP contribution in [0.15, 0.2) is 35.3 Å². The monoisotopic (exact) mass is 502 g/mol. The van der Waals surface area contributed by atoms with Crippen LogP contribution in [0.5, 0.6) is 0 Å². The molecule has 1 aromatic carbocycles. The number of anilines is 1. The fourth-order valence-electron chi connectivity index (χ4n) is 5.36. The van der Waals surface area contributed by atoms with Crippen LogP contribution in [0.1, 0.15) is 29.6 Å². The van der Waals surface area contributed by atoms with Gasteiger partial charge in [-0.05, 0) is 43.4 Å². The lowest BCUT2D eigenvalue weighted by atomic mass is 9.50. The predicted molar refractivity (Wildman–Crippen MR) is 124 cm³/mol. The molecule has 1 amide bonds. The van der Waals surface area contributed by atoms with Crippen molar-refractivity contribution in [1.82, 2.24) is 14.9 Å². The molecule has 2 atom stereocenters. The molecule has 35 heavy (non-hydrogen) atoms. The average molecular weight is 503 g/mol. The van der Waals surface area contributed by atoms with Crippen LogP contribution in [0.4, 0.5) is 14.6 Å². The summed E-state index contributed by atoms with van der Waals surface area (Å²) in [6.45, 7) is 0.221. The number of carbonyl (C=O) groups is 1. The van der Waals surface area contributed by atoms with Gasteiger partial charge in [0.05, 0.1) is 22.6 Å². The van der Waals surface area contributed by atoms with Gasteiger partial charge in [-0.2, -0.15) is 0 Å². The van der Waals surface area contributed by atoms with Crippen LogP contribution in [0.25, 0.3) is 16.7 Å². The smallest absolute Gasteiger partial charge is 0.257 e. The van der Waals surface area contributed by atoms with Crippen LogP contribution in [-0.4, -0.2) is 56.5 Å². The molecule has 0 unspecified atom stereocenters. The summed E-state index contributed by atoms with van der Waals surface area (Å²) in [4.78, 5) is 32.5. The standard InChI is InChI=1S/C24H21ClF2N4O4/c25-15-3-12(26)4-16(27)20(15)31-8-14(23(35)29-24-5-11(6-24)7-24)21(34)13-1-2-19(28-22(13)31)30-9-17(32)18(33)10-30/h1-4,8,11,17-18,32-33H,5-7,9-10H2,(H,29,35)/t11?,17-,18-,24?/m1/s1. The van der Waals surface area contributed by atoms with Gasteiger partial charge in [0.15, 0.2) is 11.5 Å². The van der Waals surface area contributed by atoms with Crippen molar-refractivity contribution in [2.24, 2.45) is 5.92 Å². The fraction of sp³-hybridized carbons (Fsp3) is 0.375. The lowest BCUT2D eigenvalue weighted by Gasteiger charge is -2.61. The number of nitrogens with one attached hydrogen (secondary N) is 1. The zero-order valence-corrected chi connectivity index (χ0v) is 19.1. The molecule has 2 bridgehead atoms.